The molecule has 0 radical (unpaired) electrons. The summed E-state index contributed by atoms with van der Waals surface area (Å²) in [6, 6.07) is 9.99. The van der Waals surface area contributed by atoms with Crippen molar-refractivity contribution in [1.29, 1.82) is 0 Å². The molecule has 2 saturated heterocycles. The molecule has 1 amide bonds. The molecule has 2 heterocycles. The molecule has 0 aliphatic carbocycles. The molecule has 4 rings (SSSR count). The third-order valence-electron chi connectivity index (χ3n) is 7.23. The number of carbonyl (C=O) groups is 1. The topological polar surface area (TPSA) is 43.8 Å². The fourth-order valence-electron chi connectivity index (χ4n) is 5.31. The van der Waals surface area contributed by atoms with Crippen LogP contribution in [0.5, 0.6) is 0 Å². The van der Waals surface area contributed by atoms with Crippen LogP contribution in [0.3, 0.4) is 0 Å². The minimum absolute atomic E-state index is 0.0669. The van der Waals surface area contributed by atoms with Gasteiger partial charge >= 0.3 is 0 Å². The summed E-state index contributed by atoms with van der Waals surface area (Å²) in [5.41, 5.74) is 1.48. The molecule has 1 N–H and O–H groups in total. The zero-order valence-corrected chi connectivity index (χ0v) is 19.2. The molecule has 0 bridgehead atoms. The van der Waals surface area contributed by atoms with Crippen molar-refractivity contribution in [2.75, 3.05) is 32.8 Å². The van der Waals surface area contributed by atoms with Crippen LogP contribution in [-0.2, 0) is 4.79 Å². The predicted molar refractivity (Wildman–Crippen MR) is 126 cm³/mol. The van der Waals surface area contributed by atoms with Crippen molar-refractivity contribution in [3.63, 3.8) is 0 Å². The first-order valence-corrected chi connectivity index (χ1v) is 12.0. The summed E-state index contributed by atoms with van der Waals surface area (Å²) in [4.78, 5) is 16.7. The Balaban J connectivity index is 1.27. The van der Waals surface area contributed by atoms with Gasteiger partial charge in [0, 0.05) is 31.3 Å². The van der Waals surface area contributed by atoms with Crippen LogP contribution in [0.25, 0.3) is 6.08 Å². The molecule has 182 valence electrons. The zero-order chi connectivity index (χ0) is 24.1. The molecule has 0 aromatic heterocycles. The number of amides is 1. The number of benzene rings is 2. The number of rotatable bonds is 6. The molecule has 7 heteroatoms. The van der Waals surface area contributed by atoms with E-state index in [-0.39, 0.29) is 24.4 Å². The normalized spacial score (nSPS) is 19.6. The van der Waals surface area contributed by atoms with Gasteiger partial charge in [-0.1, -0.05) is 12.1 Å². The Morgan fingerprint density at radius 3 is 2.12 bits per heavy atom. The molecule has 2 aromatic rings. The van der Waals surface area contributed by atoms with Gasteiger partial charge in [0.15, 0.2) is 0 Å². The summed E-state index contributed by atoms with van der Waals surface area (Å²) >= 11 is 0. The lowest BCUT2D eigenvalue weighted by Crippen LogP contribution is -2.50. The van der Waals surface area contributed by atoms with Crippen molar-refractivity contribution in [3.8, 4) is 0 Å². The van der Waals surface area contributed by atoms with Crippen LogP contribution in [-0.4, -0.2) is 59.6 Å². The summed E-state index contributed by atoms with van der Waals surface area (Å²) in [6.07, 6.45) is 6.35. The van der Waals surface area contributed by atoms with Crippen LogP contribution < -0.4 is 0 Å². The van der Waals surface area contributed by atoms with Crippen LogP contribution in [0.15, 0.2) is 48.5 Å². The van der Waals surface area contributed by atoms with Crippen LogP contribution in [0.4, 0.5) is 13.2 Å². The number of halogens is 3. The summed E-state index contributed by atoms with van der Waals surface area (Å²) in [5, 5.41) is 10.1. The number of hydrogen-bond donors (Lipinski definition) is 1. The predicted octanol–water partition coefficient (Wildman–Crippen LogP) is 4.60. The number of nitrogens with zero attached hydrogens (tertiary/aromatic N) is 2. The SMILES string of the molecule is O=C(C=Cc1cc(F)cc(F)c1)N1CCC(C(CO)N2CCC(c3ccc(F)cc3)CC2)CC1. The van der Waals surface area contributed by atoms with Gasteiger partial charge in [-0.25, -0.2) is 13.2 Å². The van der Waals surface area contributed by atoms with Gasteiger partial charge in [0.1, 0.15) is 17.5 Å². The molecule has 1 atom stereocenters. The van der Waals surface area contributed by atoms with Crippen molar-refractivity contribution >= 4 is 12.0 Å². The Hall–Kier alpha value is -2.64. The van der Waals surface area contributed by atoms with E-state index in [2.05, 4.69) is 4.90 Å². The maximum Gasteiger partial charge on any atom is 0.246 e. The maximum absolute atomic E-state index is 13.3. The first kappa shape index (κ1) is 24.5. The number of hydrogen-bond acceptors (Lipinski definition) is 3. The van der Waals surface area contributed by atoms with Gasteiger partial charge in [0.05, 0.1) is 6.61 Å². The Bertz CT molecular complexity index is 975. The summed E-state index contributed by atoms with van der Waals surface area (Å²) in [6.45, 7) is 3.05. The Labute approximate surface area is 198 Å². The zero-order valence-electron chi connectivity index (χ0n) is 19.2. The lowest BCUT2D eigenvalue weighted by atomic mass is 9.85. The monoisotopic (exact) mass is 472 g/mol. The highest BCUT2D eigenvalue weighted by Crippen LogP contribution is 2.32. The summed E-state index contributed by atoms with van der Waals surface area (Å²) in [5.74, 6) is -1.03. The van der Waals surface area contributed by atoms with Crippen LogP contribution in [0.2, 0.25) is 0 Å². The van der Waals surface area contributed by atoms with E-state index in [9.17, 15) is 23.1 Å². The minimum atomic E-state index is -0.676. The van der Waals surface area contributed by atoms with E-state index < -0.39 is 11.6 Å². The van der Waals surface area contributed by atoms with Gasteiger partial charge in [0.25, 0.3) is 0 Å². The van der Waals surface area contributed by atoms with Gasteiger partial charge in [-0.2, -0.15) is 0 Å². The first-order chi connectivity index (χ1) is 16.4. The van der Waals surface area contributed by atoms with E-state index in [0.717, 1.165) is 44.8 Å². The van der Waals surface area contributed by atoms with E-state index in [1.54, 1.807) is 4.90 Å². The van der Waals surface area contributed by atoms with Crippen LogP contribution in [0, 0.1) is 23.4 Å². The fraction of sp³-hybridized carbons (Fsp3) is 0.444. The van der Waals surface area contributed by atoms with Crippen LogP contribution in [0.1, 0.15) is 42.7 Å². The average Bonchev–Trinajstić information content (AvgIpc) is 2.84. The Kier molecular flexibility index (Phi) is 8.06. The molecular weight excluding hydrogens is 441 g/mol. The van der Waals surface area contributed by atoms with Gasteiger partial charge in [-0.3, -0.25) is 9.69 Å². The van der Waals surface area contributed by atoms with Gasteiger partial charge in [-0.05, 0) is 92.1 Å². The van der Waals surface area contributed by atoms with Gasteiger partial charge in [0.2, 0.25) is 5.91 Å². The summed E-state index contributed by atoms with van der Waals surface area (Å²) < 4.78 is 39.9. The van der Waals surface area contributed by atoms with E-state index in [0.29, 0.717) is 30.5 Å². The molecule has 2 aliphatic rings. The molecule has 2 fully saturated rings. The standard InChI is InChI=1S/C27H31F3N2O2/c28-23-4-2-20(3-5-23)21-7-11-31(12-8-21)26(18-33)22-9-13-32(14-10-22)27(34)6-1-19-15-24(29)17-25(30)16-19/h1-6,15-17,21-22,26,33H,7-14,18H2. The van der Waals surface area contributed by atoms with Crippen molar-refractivity contribution in [2.24, 2.45) is 5.92 Å². The molecule has 0 spiro atoms. The maximum atomic E-state index is 13.3. The second-order valence-corrected chi connectivity index (χ2v) is 9.31. The van der Waals surface area contributed by atoms with Crippen molar-refractivity contribution in [2.45, 2.75) is 37.6 Å². The minimum Gasteiger partial charge on any atom is -0.395 e. The molecule has 2 aromatic carbocycles. The van der Waals surface area contributed by atoms with Crippen LogP contribution >= 0.6 is 0 Å². The third-order valence-corrected chi connectivity index (χ3v) is 7.23. The highest BCUT2D eigenvalue weighted by Gasteiger charge is 2.33. The lowest BCUT2D eigenvalue weighted by Gasteiger charge is -2.43. The van der Waals surface area contributed by atoms with Gasteiger partial charge in [-0.15, -0.1) is 0 Å². The van der Waals surface area contributed by atoms with Crippen molar-refractivity contribution in [1.82, 2.24) is 9.80 Å². The molecule has 4 nitrogen and oxygen atoms in total. The number of aliphatic hydroxyl groups excluding tert-OH is 1. The Morgan fingerprint density at radius 1 is 0.912 bits per heavy atom. The third kappa shape index (κ3) is 6.07. The molecule has 0 saturated carbocycles. The Morgan fingerprint density at radius 2 is 1.53 bits per heavy atom. The fourth-order valence-corrected chi connectivity index (χ4v) is 5.31. The highest BCUT2D eigenvalue weighted by atomic mass is 19.1. The van der Waals surface area contributed by atoms with E-state index in [1.807, 2.05) is 12.1 Å². The number of likely N-dealkylation sites (tertiary alicyclic amines) is 2. The number of aliphatic hydroxyl groups is 1. The largest absolute Gasteiger partial charge is 0.395 e. The van der Waals surface area contributed by atoms with E-state index >= 15 is 0 Å². The smallest absolute Gasteiger partial charge is 0.246 e. The number of piperidine rings is 2. The molecule has 2 aliphatic heterocycles. The van der Waals surface area contributed by atoms with Crippen molar-refractivity contribution in [3.05, 3.63) is 77.1 Å². The highest BCUT2D eigenvalue weighted by molar-refractivity contribution is 5.91. The van der Waals surface area contributed by atoms with E-state index in [1.165, 1.54) is 42.0 Å². The molecular formula is C27H31F3N2O2. The quantitative estimate of drug-likeness (QED) is 0.626. The molecule has 1 unspecified atom stereocenters. The molecule has 34 heavy (non-hydrogen) atoms. The van der Waals surface area contributed by atoms with E-state index in [4.69, 9.17) is 0 Å². The number of carbonyl (C=O) groups excluding carboxylic acids is 1. The van der Waals surface area contributed by atoms with Gasteiger partial charge < -0.3 is 10.0 Å². The summed E-state index contributed by atoms with van der Waals surface area (Å²) in [7, 11) is 0. The average molecular weight is 473 g/mol. The first-order valence-electron chi connectivity index (χ1n) is 12.0. The van der Waals surface area contributed by atoms with Crippen molar-refractivity contribution < 1.29 is 23.1 Å². The second-order valence-electron chi connectivity index (χ2n) is 9.31. The lowest BCUT2D eigenvalue weighted by molar-refractivity contribution is -0.127. The second kappa shape index (κ2) is 11.2.